The third kappa shape index (κ3) is 3.89. The van der Waals surface area contributed by atoms with E-state index in [1.165, 1.54) is 31.4 Å². The lowest BCUT2D eigenvalue weighted by atomic mass is 10.2. The monoisotopic (exact) mass is 431 g/mol. The number of sulfone groups is 1. The molecule has 0 radical (unpaired) electrons. The van der Waals surface area contributed by atoms with Gasteiger partial charge < -0.3 is 4.74 Å². The van der Waals surface area contributed by atoms with Crippen molar-refractivity contribution < 1.29 is 30.4 Å². The van der Waals surface area contributed by atoms with E-state index in [2.05, 4.69) is 0 Å². The van der Waals surface area contributed by atoms with Crippen LogP contribution in [0.2, 0.25) is 0 Å². The first-order chi connectivity index (χ1) is 13.2. The molecule has 0 aliphatic carbocycles. The van der Waals surface area contributed by atoms with Crippen molar-refractivity contribution in [1.29, 1.82) is 0 Å². The molecular weight excluding hydrogens is 412 g/mol. The van der Waals surface area contributed by atoms with E-state index < -0.39 is 36.7 Å². The number of benzene rings is 2. The van der Waals surface area contributed by atoms with Gasteiger partial charge in [-0.05, 0) is 55.3 Å². The summed E-state index contributed by atoms with van der Waals surface area (Å²) in [5.74, 6) is -1.40. The molecule has 0 unspecified atom stereocenters. The van der Waals surface area contributed by atoms with Crippen molar-refractivity contribution in [3.8, 4) is 5.75 Å². The van der Waals surface area contributed by atoms with Crippen LogP contribution in [0.25, 0.3) is 0 Å². The van der Waals surface area contributed by atoms with Crippen molar-refractivity contribution in [3.63, 3.8) is 0 Å². The zero-order valence-electron chi connectivity index (χ0n) is 15.0. The largest absolute Gasteiger partial charge is 0.494 e. The highest BCUT2D eigenvalue weighted by atomic mass is 32.2. The fourth-order valence-corrected chi connectivity index (χ4v) is 6.37. The summed E-state index contributed by atoms with van der Waals surface area (Å²) in [5.41, 5.74) is 0. The average Bonchev–Trinajstić information content (AvgIpc) is 2.68. The summed E-state index contributed by atoms with van der Waals surface area (Å²) in [6, 6.07) is 7.92. The Bertz CT molecular complexity index is 1060. The van der Waals surface area contributed by atoms with Crippen molar-refractivity contribution in [3.05, 3.63) is 54.1 Å². The number of nitrogens with zero attached hydrogens (tertiary/aromatic N) is 1. The fraction of sp³-hybridized carbons (Fsp3) is 0.333. The van der Waals surface area contributed by atoms with E-state index in [0.29, 0.717) is 0 Å². The molecule has 152 valence electrons. The Hall–Kier alpha value is -2.04. The lowest BCUT2D eigenvalue weighted by molar-refractivity contribution is 0.345. The van der Waals surface area contributed by atoms with Gasteiger partial charge >= 0.3 is 0 Å². The summed E-state index contributed by atoms with van der Waals surface area (Å²) in [5, 5.41) is -0.767. The van der Waals surface area contributed by atoms with Gasteiger partial charge in [-0.2, -0.15) is 4.31 Å². The number of hydrogen-bond acceptors (Lipinski definition) is 5. The Kier molecular flexibility index (Phi) is 5.74. The summed E-state index contributed by atoms with van der Waals surface area (Å²) in [6.45, 7) is -0.0256. The quantitative estimate of drug-likeness (QED) is 0.680. The first-order valence-corrected chi connectivity index (χ1v) is 11.5. The van der Waals surface area contributed by atoms with Crippen molar-refractivity contribution in [1.82, 2.24) is 4.31 Å². The van der Waals surface area contributed by atoms with Gasteiger partial charge in [-0.1, -0.05) is 0 Å². The number of hydrogen-bond donors (Lipinski definition) is 0. The molecule has 1 aliphatic rings. The van der Waals surface area contributed by atoms with Crippen LogP contribution in [0.5, 0.6) is 5.75 Å². The SMILES string of the molecule is COc1ccc(S(=O)(=O)N2CCC(S(=O)(=O)c3ccc(F)cc3)CC2)cc1F. The highest BCUT2D eigenvalue weighted by molar-refractivity contribution is 7.92. The van der Waals surface area contributed by atoms with Crippen LogP contribution in [0.1, 0.15) is 12.8 Å². The molecule has 0 saturated carbocycles. The fourth-order valence-electron chi connectivity index (χ4n) is 3.16. The zero-order chi connectivity index (χ0) is 20.5. The molecule has 1 saturated heterocycles. The average molecular weight is 431 g/mol. The molecule has 0 amide bonds. The molecule has 1 fully saturated rings. The maximum atomic E-state index is 13.9. The molecule has 0 bridgehead atoms. The van der Waals surface area contributed by atoms with Crippen LogP contribution in [0, 0.1) is 11.6 Å². The number of halogens is 2. The van der Waals surface area contributed by atoms with Crippen LogP contribution < -0.4 is 4.74 Å². The molecule has 28 heavy (non-hydrogen) atoms. The predicted octanol–water partition coefficient (Wildman–Crippen LogP) is 2.60. The molecule has 0 spiro atoms. The minimum atomic E-state index is -3.96. The summed E-state index contributed by atoms with van der Waals surface area (Å²) < 4.78 is 83.7. The second-order valence-corrected chi connectivity index (χ2v) is 10.6. The molecule has 1 aliphatic heterocycles. The summed E-state index contributed by atoms with van der Waals surface area (Å²) in [6.07, 6.45) is 0.190. The second-order valence-electron chi connectivity index (χ2n) is 6.40. The van der Waals surface area contributed by atoms with Crippen LogP contribution in [-0.4, -0.2) is 46.6 Å². The van der Waals surface area contributed by atoms with Gasteiger partial charge in [0.15, 0.2) is 21.4 Å². The van der Waals surface area contributed by atoms with E-state index in [0.717, 1.165) is 22.5 Å². The number of ether oxygens (including phenoxy) is 1. The molecule has 3 rings (SSSR count). The minimum absolute atomic E-state index is 0.00688. The highest BCUT2D eigenvalue weighted by Crippen LogP contribution is 2.29. The van der Waals surface area contributed by atoms with Gasteiger partial charge in [-0.3, -0.25) is 0 Å². The van der Waals surface area contributed by atoms with Crippen LogP contribution >= 0.6 is 0 Å². The highest BCUT2D eigenvalue weighted by Gasteiger charge is 2.36. The summed E-state index contributed by atoms with van der Waals surface area (Å²) in [4.78, 5) is -0.210. The van der Waals surface area contributed by atoms with E-state index in [9.17, 15) is 25.6 Å². The Balaban J connectivity index is 1.75. The number of sulfonamides is 1. The van der Waals surface area contributed by atoms with Gasteiger partial charge in [-0.25, -0.2) is 25.6 Å². The third-order valence-corrected chi connectivity index (χ3v) is 8.92. The van der Waals surface area contributed by atoms with Crippen molar-refractivity contribution >= 4 is 19.9 Å². The van der Waals surface area contributed by atoms with E-state index in [-0.39, 0.29) is 41.5 Å². The second kappa shape index (κ2) is 7.76. The van der Waals surface area contributed by atoms with Gasteiger partial charge in [0.2, 0.25) is 10.0 Å². The van der Waals surface area contributed by atoms with E-state index in [4.69, 9.17) is 4.74 Å². The molecule has 2 aromatic rings. The molecule has 1 heterocycles. The maximum Gasteiger partial charge on any atom is 0.243 e. The van der Waals surface area contributed by atoms with E-state index in [1.54, 1.807) is 0 Å². The van der Waals surface area contributed by atoms with Crippen molar-refractivity contribution in [2.75, 3.05) is 20.2 Å². The normalized spacial score (nSPS) is 16.8. The van der Waals surface area contributed by atoms with Crippen LogP contribution in [0.15, 0.2) is 52.3 Å². The van der Waals surface area contributed by atoms with Gasteiger partial charge in [0.25, 0.3) is 0 Å². The summed E-state index contributed by atoms with van der Waals surface area (Å²) >= 11 is 0. The Morgan fingerprint density at radius 3 is 2.04 bits per heavy atom. The van der Waals surface area contributed by atoms with Gasteiger partial charge in [0.1, 0.15) is 5.82 Å². The van der Waals surface area contributed by atoms with Crippen LogP contribution in [0.3, 0.4) is 0 Å². The minimum Gasteiger partial charge on any atom is -0.494 e. The first kappa shape index (κ1) is 20.7. The zero-order valence-corrected chi connectivity index (χ0v) is 16.6. The Morgan fingerprint density at radius 1 is 0.929 bits per heavy atom. The predicted molar refractivity (Wildman–Crippen MR) is 98.3 cm³/mol. The smallest absolute Gasteiger partial charge is 0.243 e. The number of methoxy groups -OCH3 is 1. The van der Waals surface area contributed by atoms with Crippen molar-refractivity contribution in [2.24, 2.45) is 0 Å². The molecular formula is C18H19F2NO5S2. The molecule has 6 nitrogen and oxygen atoms in total. The number of piperidine rings is 1. The molecule has 0 aromatic heterocycles. The molecule has 10 heteroatoms. The van der Waals surface area contributed by atoms with Gasteiger partial charge in [-0.15, -0.1) is 0 Å². The standard InChI is InChI=1S/C18H19F2NO5S2/c1-26-18-7-6-16(12-17(18)20)28(24,25)21-10-8-15(9-11-21)27(22,23)14-4-2-13(19)3-5-14/h2-7,12,15H,8-11H2,1H3. The Morgan fingerprint density at radius 2 is 1.50 bits per heavy atom. The lowest BCUT2D eigenvalue weighted by Crippen LogP contribution is -2.42. The van der Waals surface area contributed by atoms with Crippen LogP contribution in [-0.2, 0) is 19.9 Å². The van der Waals surface area contributed by atoms with Crippen LogP contribution in [0.4, 0.5) is 8.78 Å². The molecule has 0 N–H and O–H groups in total. The van der Waals surface area contributed by atoms with E-state index in [1.807, 2.05) is 0 Å². The topological polar surface area (TPSA) is 80.8 Å². The summed E-state index contributed by atoms with van der Waals surface area (Å²) in [7, 11) is -6.37. The van der Waals surface area contributed by atoms with E-state index >= 15 is 0 Å². The maximum absolute atomic E-state index is 13.9. The molecule has 2 aromatic carbocycles. The third-order valence-electron chi connectivity index (χ3n) is 4.74. The lowest BCUT2D eigenvalue weighted by Gasteiger charge is -2.31. The Labute approximate surface area is 162 Å². The van der Waals surface area contributed by atoms with Gasteiger partial charge in [0.05, 0.1) is 22.2 Å². The number of rotatable bonds is 5. The molecule has 0 atom stereocenters. The van der Waals surface area contributed by atoms with Gasteiger partial charge in [0, 0.05) is 13.1 Å². The first-order valence-electron chi connectivity index (χ1n) is 8.49. The van der Waals surface area contributed by atoms with Crippen molar-refractivity contribution in [2.45, 2.75) is 27.9 Å².